The molecule has 0 amide bonds. The molecule has 0 saturated carbocycles. The van der Waals surface area contributed by atoms with Crippen molar-refractivity contribution in [3.63, 3.8) is 0 Å². The quantitative estimate of drug-likeness (QED) is 0.470. The lowest BCUT2D eigenvalue weighted by Crippen LogP contribution is -2.17. The molecular weight excluding hydrogens is 240 g/mol. The predicted molar refractivity (Wildman–Crippen MR) is 68.4 cm³/mol. The summed E-state index contributed by atoms with van der Waals surface area (Å²) in [7, 11) is 4.92. The van der Waals surface area contributed by atoms with E-state index in [1.54, 1.807) is 49.6 Å². The number of benzene rings is 1. The van der Waals surface area contributed by atoms with Gasteiger partial charge in [0.15, 0.2) is 0 Å². The number of hydrazone groups is 1. The maximum absolute atomic E-state index is 11.6. The van der Waals surface area contributed by atoms with Gasteiger partial charge in [-0.3, -0.25) is 4.79 Å². The first-order valence-corrected chi connectivity index (χ1v) is 5.47. The van der Waals surface area contributed by atoms with Crippen molar-refractivity contribution in [1.82, 2.24) is 5.01 Å². The Hall–Kier alpha value is -1.55. The van der Waals surface area contributed by atoms with Gasteiger partial charge in [0.1, 0.15) is 5.92 Å². The van der Waals surface area contributed by atoms with Crippen LogP contribution >= 0.6 is 11.6 Å². The van der Waals surface area contributed by atoms with Crippen molar-refractivity contribution in [2.75, 3.05) is 21.2 Å². The highest BCUT2D eigenvalue weighted by Gasteiger charge is 2.19. The zero-order chi connectivity index (χ0) is 12.8. The summed E-state index contributed by atoms with van der Waals surface area (Å²) in [4.78, 5) is 11.6. The minimum atomic E-state index is -0.514. The second-order valence-corrected chi connectivity index (χ2v) is 4.10. The predicted octanol–water partition coefficient (Wildman–Crippen LogP) is 2.14. The van der Waals surface area contributed by atoms with Gasteiger partial charge < -0.3 is 9.75 Å². The van der Waals surface area contributed by atoms with E-state index in [4.69, 9.17) is 16.3 Å². The van der Waals surface area contributed by atoms with Crippen molar-refractivity contribution in [2.45, 2.75) is 5.92 Å². The Morgan fingerprint density at radius 1 is 1.41 bits per heavy atom. The van der Waals surface area contributed by atoms with E-state index in [1.807, 2.05) is 0 Å². The molecule has 17 heavy (non-hydrogen) atoms. The third-order valence-electron chi connectivity index (χ3n) is 2.13. The zero-order valence-corrected chi connectivity index (χ0v) is 10.8. The summed E-state index contributed by atoms with van der Waals surface area (Å²) >= 11 is 5.80. The SMILES string of the molecule is COC(=O)C(C=NN(C)C)c1ccc(Cl)cc1. The second kappa shape index (κ2) is 6.25. The highest BCUT2D eigenvalue weighted by molar-refractivity contribution is 6.30. The van der Waals surface area contributed by atoms with E-state index in [9.17, 15) is 4.79 Å². The molecule has 0 aliphatic carbocycles. The number of carbonyl (C=O) groups excluding carboxylic acids is 1. The summed E-state index contributed by atoms with van der Waals surface area (Å²) in [5, 5.41) is 6.31. The van der Waals surface area contributed by atoms with Gasteiger partial charge >= 0.3 is 5.97 Å². The van der Waals surface area contributed by atoms with Crippen molar-refractivity contribution in [1.29, 1.82) is 0 Å². The van der Waals surface area contributed by atoms with Crippen LogP contribution in [0, 0.1) is 0 Å². The van der Waals surface area contributed by atoms with E-state index in [-0.39, 0.29) is 5.97 Å². The van der Waals surface area contributed by atoms with Crippen LogP contribution in [0.4, 0.5) is 0 Å². The molecule has 0 aliphatic rings. The van der Waals surface area contributed by atoms with E-state index < -0.39 is 5.92 Å². The first-order valence-electron chi connectivity index (χ1n) is 5.09. The highest BCUT2D eigenvalue weighted by atomic mass is 35.5. The molecule has 1 rings (SSSR count). The lowest BCUT2D eigenvalue weighted by Gasteiger charge is -2.11. The van der Waals surface area contributed by atoms with Crippen LogP contribution in [0.25, 0.3) is 0 Å². The Kier molecular flexibility index (Phi) is 4.97. The molecule has 1 atom stereocenters. The molecule has 0 radical (unpaired) electrons. The Morgan fingerprint density at radius 3 is 2.47 bits per heavy atom. The summed E-state index contributed by atoms with van der Waals surface area (Å²) in [5.41, 5.74) is 0.798. The molecule has 5 heteroatoms. The number of nitrogens with zero attached hydrogens (tertiary/aromatic N) is 2. The van der Waals surface area contributed by atoms with Crippen molar-refractivity contribution >= 4 is 23.8 Å². The van der Waals surface area contributed by atoms with Crippen molar-refractivity contribution < 1.29 is 9.53 Å². The number of ether oxygens (including phenoxy) is 1. The van der Waals surface area contributed by atoms with E-state index in [2.05, 4.69) is 5.10 Å². The van der Waals surface area contributed by atoms with E-state index in [0.717, 1.165) is 5.56 Å². The summed E-state index contributed by atoms with van der Waals surface area (Å²) in [6, 6.07) is 7.03. The fourth-order valence-electron chi connectivity index (χ4n) is 1.28. The van der Waals surface area contributed by atoms with Crippen LogP contribution in [-0.4, -0.2) is 38.4 Å². The van der Waals surface area contributed by atoms with Crippen LogP contribution in [0.15, 0.2) is 29.4 Å². The maximum atomic E-state index is 11.6. The van der Waals surface area contributed by atoms with Gasteiger partial charge in [-0.2, -0.15) is 5.10 Å². The molecule has 1 aromatic carbocycles. The summed E-state index contributed by atoms with van der Waals surface area (Å²) < 4.78 is 4.75. The van der Waals surface area contributed by atoms with Crippen LogP contribution < -0.4 is 0 Å². The first kappa shape index (κ1) is 13.5. The molecule has 4 nitrogen and oxygen atoms in total. The summed E-state index contributed by atoms with van der Waals surface area (Å²) in [6.07, 6.45) is 1.55. The van der Waals surface area contributed by atoms with Crippen LogP contribution in [0.5, 0.6) is 0 Å². The van der Waals surface area contributed by atoms with E-state index in [0.29, 0.717) is 5.02 Å². The van der Waals surface area contributed by atoms with E-state index >= 15 is 0 Å². The zero-order valence-electron chi connectivity index (χ0n) is 10.1. The minimum Gasteiger partial charge on any atom is -0.468 e. The monoisotopic (exact) mass is 254 g/mol. The van der Waals surface area contributed by atoms with Gasteiger partial charge in [0.25, 0.3) is 0 Å². The number of esters is 1. The maximum Gasteiger partial charge on any atom is 0.318 e. The molecule has 0 fully saturated rings. The van der Waals surface area contributed by atoms with Crippen LogP contribution in [0.1, 0.15) is 11.5 Å². The number of hydrogen-bond acceptors (Lipinski definition) is 4. The molecule has 0 bridgehead atoms. The first-order chi connectivity index (χ1) is 8.04. The summed E-state index contributed by atoms with van der Waals surface area (Å²) in [6.45, 7) is 0. The Morgan fingerprint density at radius 2 is 2.00 bits per heavy atom. The van der Waals surface area contributed by atoms with Gasteiger partial charge in [-0.1, -0.05) is 23.7 Å². The minimum absolute atomic E-state index is 0.349. The van der Waals surface area contributed by atoms with E-state index in [1.165, 1.54) is 7.11 Å². The Bertz CT molecular complexity index is 401. The molecular formula is C12H15ClN2O2. The average Bonchev–Trinajstić information content (AvgIpc) is 2.30. The fraction of sp³-hybridized carbons (Fsp3) is 0.333. The van der Waals surface area contributed by atoms with Gasteiger partial charge in [-0.25, -0.2) is 0 Å². The number of hydrogen-bond donors (Lipinski definition) is 0. The lowest BCUT2D eigenvalue weighted by atomic mass is 10.0. The van der Waals surface area contributed by atoms with Crippen LogP contribution in [0.3, 0.4) is 0 Å². The number of halogens is 1. The number of rotatable bonds is 4. The van der Waals surface area contributed by atoms with Gasteiger partial charge in [0, 0.05) is 25.3 Å². The highest BCUT2D eigenvalue weighted by Crippen LogP contribution is 2.18. The fourth-order valence-corrected chi connectivity index (χ4v) is 1.41. The largest absolute Gasteiger partial charge is 0.468 e. The standard InChI is InChI=1S/C12H15ClN2O2/c1-15(2)14-8-11(12(16)17-3)9-4-6-10(13)7-5-9/h4-8,11H,1-3H3. The molecule has 0 aromatic heterocycles. The van der Waals surface area contributed by atoms with Crippen LogP contribution in [-0.2, 0) is 9.53 Å². The molecule has 0 N–H and O–H groups in total. The smallest absolute Gasteiger partial charge is 0.318 e. The molecule has 0 saturated heterocycles. The van der Waals surface area contributed by atoms with Gasteiger partial charge in [0.2, 0.25) is 0 Å². The van der Waals surface area contributed by atoms with Crippen LogP contribution in [0.2, 0.25) is 5.02 Å². The third-order valence-corrected chi connectivity index (χ3v) is 2.38. The number of methoxy groups -OCH3 is 1. The number of carbonyl (C=O) groups is 1. The Labute approximate surface area is 106 Å². The molecule has 0 aliphatic heterocycles. The third kappa shape index (κ3) is 4.07. The summed E-state index contributed by atoms with van der Waals surface area (Å²) in [5.74, 6) is -0.863. The molecule has 0 spiro atoms. The molecule has 1 aromatic rings. The lowest BCUT2D eigenvalue weighted by molar-refractivity contribution is -0.140. The van der Waals surface area contributed by atoms with Gasteiger partial charge in [-0.05, 0) is 17.7 Å². The second-order valence-electron chi connectivity index (χ2n) is 3.66. The normalized spacial score (nSPS) is 12.5. The topological polar surface area (TPSA) is 41.9 Å². The molecule has 1 unspecified atom stereocenters. The molecule has 92 valence electrons. The van der Waals surface area contributed by atoms with Gasteiger partial charge in [-0.15, -0.1) is 0 Å². The van der Waals surface area contributed by atoms with Gasteiger partial charge in [0.05, 0.1) is 7.11 Å². The average molecular weight is 255 g/mol. The van der Waals surface area contributed by atoms with Crippen molar-refractivity contribution in [3.05, 3.63) is 34.9 Å². The van der Waals surface area contributed by atoms with Crippen molar-refractivity contribution in [3.8, 4) is 0 Å². The van der Waals surface area contributed by atoms with Crippen molar-refractivity contribution in [2.24, 2.45) is 5.10 Å². The Balaban J connectivity index is 2.97. The molecule has 0 heterocycles.